The van der Waals surface area contributed by atoms with Crippen LogP contribution in [0.25, 0.3) is 0 Å². The van der Waals surface area contributed by atoms with Gasteiger partial charge >= 0.3 is 0 Å². The van der Waals surface area contributed by atoms with Crippen molar-refractivity contribution in [3.63, 3.8) is 0 Å². The maximum absolute atomic E-state index is 12.7. The summed E-state index contributed by atoms with van der Waals surface area (Å²) in [6, 6.07) is 11.9. The fourth-order valence-corrected chi connectivity index (χ4v) is 2.66. The molecule has 0 atom stereocenters. The number of aryl methyl sites for hydroxylation is 1. The van der Waals surface area contributed by atoms with Crippen molar-refractivity contribution in [2.24, 2.45) is 0 Å². The Morgan fingerprint density at radius 3 is 2.81 bits per heavy atom. The number of rotatable bonds is 8. The number of pyridine rings is 1. The van der Waals surface area contributed by atoms with Crippen molar-refractivity contribution < 1.29 is 9.53 Å². The smallest absolute Gasteiger partial charge is 0.260 e. The van der Waals surface area contributed by atoms with Crippen LogP contribution < -0.4 is 4.74 Å². The van der Waals surface area contributed by atoms with Crippen LogP contribution in [0.5, 0.6) is 5.75 Å². The van der Waals surface area contributed by atoms with E-state index in [9.17, 15) is 4.79 Å². The molecule has 0 aliphatic rings. The Bertz CT molecular complexity index is 767. The molecule has 5 nitrogen and oxygen atoms in total. The van der Waals surface area contributed by atoms with Gasteiger partial charge in [0, 0.05) is 25.5 Å². The second-order valence-electron chi connectivity index (χ2n) is 6.57. The van der Waals surface area contributed by atoms with Crippen LogP contribution in [0.2, 0.25) is 0 Å². The lowest BCUT2D eigenvalue weighted by molar-refractivity contribution is -0.134. The number of nitriles is 1. The van der Waals surface area contributed by atoms with Crippen LogP contribution in [0.1, 0.15) is 42.9 Å². The van der Waals surface area contributed by atoms with Crippen molar-refractivity contribution in [2.45, 2.75) is 39.7 Å². The number of amides is 1. The Morgan fingerprint density at radius 1 is 1.35 bits per heavy atom. The van der Waals surface area contributed by atoms with E-state index in [2.05, 4.69) is 24.9 Å². The van der Waals surface area contributed by atoms with E-state index in [0.717, 1.165) is 22.4 Å². The summed E-state index contributed by atoms with van der Waals surface area (Å²) in [4.78, 5) is 18.4. The predicted molar refractivity (Wildman–Crippen MR) is 101 cm³/mol. The van der Waals surface area contributed by atoms with E-state index in [1.54, 1.807) is 17.3 Å². The van der Waals surface area contributed by atoms with Gasteiger partial charge < -0.3 is 9.64 Å². The summed E-state index contributed by atoms with van der Waals surface area (Å²) in [5.74, 6) is 0.918. The molecule has 2 aromatic rings. The van der Waals surface area contributed by atoms with Crippen molar-refractivity contribution in [3.05, 3.63) is 59.4 Å². The Labute approximate surface area is 155 Å². The molecule has 0 spiro atoms. The van der Waals surface area contributed by atoms with Gasteiger partial charge in [-0.2, -0.15) is 5.26 Å². The average Bonchev–Trinajstić information content (AvgIpc) is 2.63. The maximum atomic E-state index is 12.7. The van der Waals surface area contributed by atoms with E-state index in [0.29, 0.717) is 19.0 Å². The predicted octanol–water partition coefficient (Wildman–Crippen LogP) is 3.83. The van der Waals surface area contributed by atoms with E-state index in [-0.39, 0.29) is 18.9 Å². The number of ether oxygens (including phenoxy) is 1. The Kier molecular flexibility index (Phi) is 7.16. The van der Waals surface area contributed by atoms with Gasteiger partial charge in [-0.3, -0.25) is 9.78 Å². The lowest BCUT2D eigenvalue weighted by Crippen LogP contribution is -2.35. The summed E-state index contributed by atoms with van der Waals surface area (Å²) in [5, 5.41) is 8.87. The molecule has 0 saturated heterocycles. The van der Waals surface area contributed by atoms with Gasteiger partial charge in [-0.15, -0.1) is 0 Å². The number of carbonyl (C=O) groups is 1. The zero-order valence-corrected chi connectivity index (χ0v) is 15.6. The van der Waals surface area contributed by atoms with Crippen LogP contribution in [0.3, 0.4) is 0 Å². The van der Waals surface area contributed by atoms with Crippen molar-refractivity contribution >= 4 is 5.91 Å². The summed E-state index contributed by atoms with van der Waals surface area (Å²) in [6.45, 7) is 6.94. The number of hydrogen-bond acceptors (Lipinski definition) is 4. The molecule has 0 aliphatic carbocycles. The summed E-state index contributed by atoms with van der Waals surface area (Å²) in [7, 11) is 0. The highest BCUT2D eigenvalue weighted by atomic mass is 16.5. The van der Waals surface area contributed by atoms with Crippen molar-refractivity contribution in [1.82, 2.24) is 9.88 Å². The van der Waals surface area contributed by atoms with Crippen molar-refractivity contribution in [3.8, 4) is 11.8 Å². The lowest BCUT2D eigenvalue weighted by Gasteiger charge is -2.22. The third-order valence-corrected chi connectivity index (χ3v) is 4.08. The molecular weight excluding hydrogens is 326 g/mol. The minimum Gasteiger partial charge on any atom is -0.483 e. The second kappa shape index (κ2) is 9.57. The van der Waals surface area contributed by atoms with Gasteiger partial charge in [0.15, 0.2) is 6.61 Å². The van der Waals surface area contributed by atoms with E-state index >= 15 is 0 Å². The molecule has 1 aromatic carbocycles. The van der Waals surface area contributed by atoms with Gasteiger partial charge in [0.1, 0.15) is 5.75 Å². The molecule has 0 unspecified atom stereocenters. The van der Waals surface area contributed by atoms with Gasteiger partial charge in [-0.25, -0.2) is 0 Å². The molecule has 1 aromatic heterocycles. The van der Waals surface area contributed by atoms with Crippen molar-refractivity contribution in [1.29, 1.82) is 5.26 Å². The molecule has 0 radical (unpaired) electrons. The molecule has 0 saturated carbocycles. The lowest BCUT2D eigenvalue weighted by atomic mass is 10.0. The number of nitrogens with zero attached hydrogens (tertiary/aromatic N) is 3. The largest absolute Gasteiger partial charge is 0.483 e. The van der Waals surface area contributed by atoms with E-state index in [1.807, 2.05) is 37.3 Å². The molecule has 5 heteroatoms. The number of carbonyl (C=O) groups excluding carboxylic acids is 1. The molecule has 1 amide bonds. The van der Waals surface area contributed by atoms with E-state index in [4.69, 9.17) is 10.00 Å². The van der Waals surface area contributed by atoms with E-state index < -0.39 is 0 Å². The molecule has 0 bridgehead atoms. The monoisotopic (exact) mass is 351 g/mol. The first kappa shape index (κ1) is 19.5. The normalized spacial score (nSPS) is 10.4. The minimum atomic E-state index is -0.139. The SMILES string of the molecule is Cc1ccc(C(C)C)c(OCC(=O)N(CCC#N)Cc2cccnc2)c1. The average molecular weight is 351 g/mol. The molecule has 0 fully saturated rings. The van der Waals surface area contributed by atoms with Crippen LogP contribution in [0.4, 0.5) is 0 Å². The van der Waals surface area contributed by atoms with Gasteiger partial charge in [-0.1, -0.05) is 32.0 Å². The zero-order valence-electron chi connectivity index (χ0n) is 15.6. The van der Waals surface area contributed by atoms with E-state index in [1.165, 1.54) is 0 Å². The molecule has 26 heavy (non-hydrogen) atoms. The zero-order chi connectivity index (χ0) is 18.9. The molecule has 0 aliphatic heterocycles. The van der Waals surface area contributed by atoms with Crippen molar-refractivity contribution in [2.75, 3.05) is 13.2 Å². The van der Waals surface area contributed by atoms with Gasteiger partial charge in [0.05, 0.1) is 12.5 Å². The van der Waals surface area contributed by atoms with Gasteiger partial charge in [0.2, 0.25) is 0 Å². The standard InChI is InChI=1S/C21H25N3O2/c1-16(2)19-8-7-17(3)12-20(19)26-15-21(25)24(11-5-9-22)14-18-6-4-10-23-13-18/h4,6-8,10,12-13,16H,5,11,14-15H2,1-3H3. The highest BCUT2D eigenvalue weighted by Crippen LogP contribution is 2.27. The first-order valence-electron chi connectivity index (χ1n) is 8.78. The van der Waals surface area contributed by atoms with Crippen LogP contribution in [-0.2, 0) is 11.3 Å². The minimum absolute atomic E-state index is 0.0468. The fourth-order valence-electron chi connectivity index (χ4n) is 2.66. The Balaban J connectivity index is 2.07. The van der Waals surface area contributed by atoms with Gasteiger partial charge in [0.25, 0.3) is 5.91 Å². The first-order valence-corrected chi connectivity index (χ1v) is 8.78. The third-order valence-electron chi connectivity index (χ3n) is 4.08. The summed E-state index contributed by atoms with van der Waals surface area (Å²) in [5.41, 5.74) is 3.10. The van der Waals surface area contributed by atoms with Crippen LogP contribution in [0, 0.1) is 18.3 Å². The molecule has 1 heterocycles. The number of hydrogen-bond donors (Lipinski definition) is 0. The summed E-state index contributed by atoms with van der Waals surface area (Å²) < 4.78 is 5.85. The second-order valence-corrected chi connectivity index (χ2v) is 6.57. The molecular formula is C21H25N3O2. The first-order chi connectivity index (χ1) is 12.5. The third kappa shape index (κ3) is 5.59. The Morgan fingerprint density at radius 2 is 2.15 bits per heavy atom. The summed E-state index contributed by atoms with van der Waals surface area (Å²) >= 11 is 0. The Hall–Kier alpha value is -2.87. The topological polar surface area (TPSA) is 66.2 Å². The van der Waals surface area contributed by atoms with Crippen LogP contribution in [0.15, 0.2) is 42.7 Å². The molecule has 136 valence electrons. The molecule has 0 N–H and O–H groups in total. The molecule has 2 rings (SSSR count). The van der Waals surface area contributed by atoms with Gasteiger partial charge in [-0.05, 0) is 41.7 Å². The highest BCUT2D eigenvalue weighted by molar-refractivity contribution is 5.77. The summed E-state index contributed by atoms with van der Waals surface area (Å²) in [6.07, 6.45) is 3.71. The van der Waals surface area contributed by atoms with Crippen LogP contribution in [-0.4, -0.2) is 28.9 Å². The highest BCUT2D eigenvalue weighted by Gasteiger charge is 2.16. The number of benzene rings is 1. The maximum Gasteiger partial charge on any atom is 0.260 e. The van der Waals surface area contributed by atoms with Crippen LogP contribution >= 0.6 is 0 Å². The number of aromatic nitrogens is 1. The quantitative estimate of drug-likeness (QED) is 0.725. The fraction of sp³-hybridized carbons (Fsp3) is 0.381.